The molecule has 5 heteroatoms. The number of benzene rings is 1. The van der Waals surface area contributed by atoms with Crippen molar-refractivity contribution in [3.05, 3.63) is 59.9 Å². The van der Waals surface area contributed by atoms with Crippen molar-refractivity contribution >= 4 is 24.0 Å². The van der Waals surface area contributed by atoms with Crippen molar-refractivity contribution in [3.63, 3.8) is 0 Å². The SMILES string of the molecule is Cl.Nc1ccc(CC(=O)N2CCC(c3ccccc3)C2)nc1. The number of anilines is 1. The third-order valence-corrected chi connectivity index (χ3v) is 3.99. The van der Waals surface area contributed by atoms with Crippen molar-refractivity contribution < 1.29 is 4.79 Å². The summed E-state index contributed by atoms with van der Waals surface area (Å²) in [6, 6.07) is 14.0. The first kappa shape index (κ1) is 16.3. The minimum atomic E-state index is 0. The molecule has 2 aromatic rings. The van der Waals surface area contributed by atoms with Crippen LogP contribution < -0.4 is 5.73 Å². The van der Waals surface area contributed by atoms with E-state index in [1.807, 2.05) is 17.0 Å². The number of nitrogen functional groups attached to an aromatic ring is 1. The first-order valence-electron chi connectivity index (χ1n) is 7.25. The summed E-state index contributed by atoms with van der Waals surface area (Å²) >= 11 is 0. The number of nitrogens with two attached hydrogens (primary N) is 1. The highest BCUT2D eigenvalue weighted by Crippen LogP contribution is 2.27. The van der Waals surface area contributed by atoms with Crippen LogP contribution in [0.4, 0.5) is 5.69 Å². The molecule has 1 aliphatic rings. The van der Waals surface area contributed by atoms with E-state index in [1.54, 1.807) is 12.3 Å². The molecule has 1 aromatic heterocycles. The van der Waals surface area contributed by atoms with Gasteiger partial charge in [0.05, 0.1) is 18.3 Å². The predicted molar refractivity (Wildman–Crippen MR) is 90.0 cm³/mol. The Morgan fingerprint density at radius 2 is 2.00 bits per heavy atom. The van der Waals surface area contributed by atoms with Gasteiger partial charge in [-0.05, 0) is 24.1 Å². The second-order valence-corrected chi connectivity index (χ2v) is 5.50. The third-order valence-electron chi connectivity index (χ3n) is 3.99. The Kier molecular flexibility index (Phi) is 5.39. The minimum absolute atomic E-state index is 0. The van der Waals surface area contributed by atoms with E-state index in [2.05, 4.69) is 29.2 Å². The van der Waals surface area contributed by atoms with Crippen LogP contribution in [0.25, 0.3) is 0 Å². The minimum Gasteiger partial charge on any atom is -0.397 e. The Hall–Kier alpha value is -2.07. The number of carbonyl (C=O) groups excluding carboxylic acids is 1. The number of likely N-dealkylation sites (tertiary alicyclic amines) is 1. The maximum Gasteiger partial charge on any atom is 0.228 e. The molecule has 22 heavy (non-hydrogen) atoms. The quantitative estimate of drug-likeness (QED) is 0.946. The first-order valence-corrected chi connectivity index (χ1v) is 7.25. The second-order valence-electron chi connectivity index (χ2n) is 5.50. The van der Waals surface area contributed by atoms with Crippen LogP contribution in [0, 0.1) is 0 Å². The molecule has 0 radical (unpaired) electrons. The zero-order chi connectivity index (χ0) is 14.7. The standard InChI is InChI=1S/C17H19N3O.ClH/c18-15-6-7-16(19-11-15)10-17(21)20-9-8-14(12-20)13-4-2-1-3-5-13;/h1-7,11,14H,8-10,12,18H2;1H. The van der Waals surface area contributed by atoms with E-state index in [0.717, 1.165) is 25.2 Å². The lowest BCUT2D eigenvalue weighted by Gasteiger charge is -2.16. The molecule has 4 nitrogen and oxygen atoms in total. The zero-order valence-corrected chi connectivity index (χ0v) is 13.1. The molecule has 2 N–H and O–H groups in total. The van der Waals surface area contributed by atoms with Crippen molar-refractivity contribution in [2.75, 3.05) is 18.8 Å². The zero-order valence-electron chi connectivity index (χ0n) is 12.3. The number of nitrogens with zero attached hydrogens (tertiary/aromatic N) is 2. The molecular formula is C17H20ClN3O. The molecule has 3 rings (SSSR count). The molecule has 1 saturated heterocycles. The van der Waals surface area contributed by atoms with Crippen LogP contribution in [-0.4, -0.2) is 28.9 Å². The van der Waals surface area contributed by atoms with Crippen molar-refractivity contribution in [3.8, 4) is 0 Å². The highest BCUT2D eigenvalue weighted by Gasteiger charge is 2.27. The van der Waals surface area contributed by atoms with Crippen molar-refractivity contribution in [1.29, 1.82) is 0 Å². The normalized spacial score (nSPS) is 17.1. The van der Waals surface area contributed by atoms with Crippen molar-refractivity contribution in [1.82, 2.24) is 9.88 Å². The average molecular weight is 318 g/mol. The van der Waals surface area contributed by atoms with E-state index in [-0.39, 0.29) is 18.3 Å². The highest BCUT2D eigenvalue weighted by atomic mass is 35.5. The topological polar surface area (TPSA) is 59.2 Å². The van der Waals surface area contributed by atoms with Crippen LogP contribution >= 0.6 is 12.4 Å². The van der Waals surface area contributed by atoms with Crippen LogP contribution in [0.15, 0.2) is 48.7 Å². The highest BCUT2D eigenvalue weighted by molar-refractivity contribution is 5.85. The Bertz CT molecular complexity index is 616. The first-order chi connectivity index (χ1) is 10.2. The molecular weight excluding hydrogens is 298 g/mol. The lowest BCUT2D eigenvalue weighted by atomic mass is 9.99. The molecule has 116 valence electrons. The summed E-state index contributed by atoms with van der Waals surface area (Å²) in [5, 5.41) is 0. The smallest absolute Gasteiger partial charge is 0.228 e. The molecule has 1 unspecified atom stereocenters. The number of halogens is 1. The van der Waals surface area contributed by atoms with E-state index in [1.165, 1.54) is 5.56 Å². The van der Waals surface area contributed by atoms with Gasteiger partial charge < -0.3 is 10.6 Å². The molecule has 0 spiro atoms. The van der Waals surface area contributed by atoms with Gasteiger partial charge in [0, 0.05) is 24.7 Å². The Labute approximate surface area is 136 Å². The maximum atomic E-state index is 12.3. The van der Waals surface area contributed by atoms with Gasteiger partial charge in [-0.3, -0.25) is 9.78 Å². The van der Waals surface area contributed by atoms with Gasteiger partial charge in [-0.15, -0.1) is 12.4 Å². The molecule has 1 fully saturated rings. The Morgan fingerprint density at radius 1 is 1.23 bits per heavy atom. The third kappa shape index (κ3) is 3.77. The van der Waals surface area contributed by atoms with Crippen molar-refractivity contribution in [2.45, 2.75) is 18.8 Å². The van der Waals surface area contributed by atoms with E-state index in [0.29, 0.717) is 18.0 Å². The average Bonchev–Trinajstić information content (AvgIpc) is 3.00. The molecule has 1 aromatic carbocycles. The summed E-state index contributed by atoms with van der Waals surface area (Å²) in [4.78, 5) is 18.5. The summed E-state index contributed by atoms with van der Waals surface area (Å²) in [7, 11) is 0. The van der Waals surface area contributed by atoms with Gasteiger partial charge in [0.1, 0.15) is 0 Å². The lowest BCUT2D eigenvalue weighted by Crippen LogP contribution is -2.30. The summed E-state index contributed by atoms with van der Waals surface area (Å²) in [5.41, 5.74) is 8.32. The number of hydrogen-bond donors (Lipinski definition) is 1. The van der Waals surface area contributed by atoms with Crippen LogP contribution in [0.1, 0.15) is 23.6 Å². The molecule has 0 aliphatic carbocycles. The monoisotopic (exact) mass is 317 g/mol. The number of hydrogen-bond acceptors (Lipinski definition) is 3. The summed E-state index contributed by atoms with van der Waals surface area (Å²) in [6.07, 6.45) is 2.98. The van der Waals surface area contributed by atoms with Gasteiger partial charge in [0.2, 0.25) is 5.91 Å². The fraction of sp³-hybridized carbons (Fsp3) is 0.294. The predicted octanol–water partition coefficient (Wildman–Crippen LogP) is 2.64. The van der Waals surface area contributed by atoms with Gasteiger partial charge >= 0.3 is 0 Å². The Morgan fingerprint density at radius 3 is 2.68 bits per heavy atom. The largest absolute Gasteiger partial charge is 0.397 e. The van der Waals surface area contributed by atoms with Crippen LogP contribution in [0.2, 0.25) is 0 Å². The number of rotatable bonds is 3. The fourth-order valence-corrected chi connectivity index (χ4v) is 2.79. The summed E-state index contributed by atoms with van der Waals surface area (Å²) < 4.78 is 0. The van der Waals surface area contributed by atoms with Gasteiger partial charge in [-0.2, -0.15) is 0 Å². The number of carbonyl (C=O) groups is 1. The van der Waals surface area contributed by atoms with Crippen LogP contribution in [0.3, 0.4) is 0 Å². The Balaban J connectivity index is 0.00000176. The lowest BCUT2D eigenvalue weighted by molar-refractivity contribution is -0.129. The van der Waals surface area contributed by atoms with Gasteiger partial charge in [-0.25, -0.2) is 0 Å². The molecule has 1 amide bonds. The number of pyridine rings is 1. The maximum absolute atomic E-state index is 12.3. The van der Waals surface area contributed by atoms with Crippen LogP contribution in [-0.2, 0) is 11.2 Å². The summed E-state index contributed by atoms with van der Waals surface area (Å²) in [6.45, 7) is 1.63. The van der Waals surface area contributed by atoms with Gasteiger partial charge in [-0.1, -0.05) is 30.3 Å². The summed E-state index contributed by atoms with van der Waals surface area (Å²) in [5.74, 6) is 0.597. The molecule has 0 saturated carbocycles. The van der Waals surface area contributed by atoms with Crippen LogP contribution in [0.5, 0.6) is 0 Å². The number of amides is 1. The molecule has 2 heterocycles. The van der Waals surface area contributed by atoms with E-state index >= 15 is 0 Å². The van der Waals surface area contributed by atoms with E-state index in [4.69, 9.17) is 5.73 Å². The molecule has 0 bridgehead atoms. The molecule has 1 aliphatic heterocycles. The second kappa shape index (κ2) is 7.27. The fourth-order valence-electron chi connectivity index (χ4n) is 2.79. The van der Waals surface area contributed by atoms with E-state index < -0.39 is 0 Å². The van der Waals surface area contributed by atoms with Gasteiger partial charge in [0.15, 0.2) is 0 Å². The number of aromatic nitrogens is 1. The van der Waals surface area contributed by atoms with Gasteiger partial charge in [0.25, 0.3) is 0 Å². The van der Waals surface area contributed by atoms with Crippen molar-refractivity contribution in [2.24, 2.45) is 0 Å². The molecule has 1 atom stereocenters. The van der Waals surface area contributed by atoms with E-state index in [9.17, 15) is 4.79 Å².